The highest BCUT2D eigenvalue weighted by atomic mass is 15.0. The molecule has 5 nitrogen and oxygen atoms in total. The van der Waals surface area contributed by atoms with Gasteiger partial charge in [-0.2, -0.15) is 0 Å². The fourth-order valence-corrected chi connectivity index (χ4v) is 6.35. The summed E-state index contributed by atoms with van der Waals surface area (Å²) < 4.78 is 0. The molecule has 0 saturated heterocycles. The van der Waals surface area contributed by atoms with Crippen LogP contribution in [0.4, 0.5) is 0 Å². The van der Waals surface area contributed by atoms with Gasteiger partial charge in [-0.3, -0.25) is 4.98 Å². The van der Waals surface area contributed by atoms with E-state index < -0.39 is 0 Å². The van der Waals surface area contributed by atoms with Crippen LogP contribution in [0.2, 0.25) is 0 Å². The highest BCUT2D eigenvalue weighted by Gasteiger charge is 2.13. The van der Waals surface area contributed by atoms with Crippen molar-refractivity contribution in [3.05, 3.63) is 176 Å². The summed E-state index contributed by atoms with van der Waals surface area (Å²) in [6.07, 6.45) is 1.83. The number of nitrogens with zero attached hydrogens (tertiary/aromatic N) is 5. The predicted octanol–water partition coefficient (Wildman–Crippen LogP) is 11.0. The van der Waals surface area contributed by atoms with Crippen LogP contribution in [-0.2, 0) is 0 Å². The van der Waals surface area contributed by atoms with Crippen molar-refractivity contribution in [2.45, 2.75) is 0 Å². The number of benzene rings is 6. The molecule has 0 N–H and O–H groups in total. The molecule has 0 aliphatic heterocycles. The summed E-state index contributed by atoms with van der Waals surface area (Å²) in [5.74, 6) is 1.95. The third kappa shape index (κ3) is 5.67. The third-order valence-electron chi connectivity index (χ3n) is 8.98. The zero-order chi connectivity index (χ0) is 33.3. The van der Waals surface area contributed by atoms with Crippen molar-refractivity contribution in [3.8, 4) is 67.7 Å². The Balaban J connectivity index is 0.996. The minimum Gasteiger partial charge on any atom is -0.254 e. The van der Waals surface area contributed by atoms with E-state index in [2.05, 4.69) is 108 Å². The molecule has 0 saturated carbocycles. The van der Waals surface area contributed by atoms with Gasteiger partial charge in [0.05, 0.1) is 16.7 Å². The van der Waals surface area contributed by atoms with Crippen LogP contribution >= 0.6 is 0 Å². The summed E-state index contributed by atoms with van der Waals surface area (Å²) in [6.45, 7) is 0. The van der Waals surface area contributed by atoms with E-state index >= 15 is 0 Å². The molecular weight excluding hydrogens is 611 g/mol. The lowest BCUT2D eigenvalue weighted by Crippen LogP contribution is -2.00. The molecule has 5 heteroatoms. The second kappa shape index (κ2) is 12.6. The van der Waals surface area contributed by atoms with E-state index in [9.17, 15) is 0 Å². The molecule has 0 amide bonds. The van der Waals surface area contributed by atoms with Gasteiger partial charge < -0.3 is 0 Å². The molecule has 3 heterocycles. The van der Waals surface area contributed by atoms with E-state index in [-0.39, 0.29) is 0 Å². The number of fused-ring (bicyclic) bond motifs is 3. The van der Waals surface area contributed by atoms with Crippen LogP contribution in [0.25, 0.3) is 89.5 Å². The first-order valence-electron chi connectivity index (χ1n) is 16.6. The molecule has 0 spiro atoms. The normalized spacial score (nSPS) is 11.2. The first-order chi connectivity index (χ1) is 24.7. The largest absolute Gasteiger partial charge is 0.254 e. The van der Waals surface area contributed by atoms with E-state index in [4.69, 9.17) is 19.9 Å². The average Bonchev–Trinajstić information content (AvgIpc) is 3.21. The topological polar surface area (TPSA) is 64.5 Å². The predicted molar refractivity (Wildman–Crippen MR) is 203 cm³/mol. The molecule has 9 aromatic rings. The number of aromatic nitrogens is 5. The Morgan fingerprint density at radius 2 is 0.740 bits per heavy atom. The molecular formula is C45H29N5. The summed E-state index contributed by atoms with van der Waals surface area (Å²) in [5, 5.41) is 2.18. The molecule has 0 radical (unpaired) electrons. The van der Waals surface area contributed by atoms with E-state index in [0.29, 0.717) is 17.5 Å². The van der Waals surface area contributed by atoms with Gasteiger partial charge in [0, 0.05) is 39.2 Å². The Morgan fingerprint density at radius 3 is 1.34 bits per heavy atom. The highest BCUT2D eigenvalue weighted by molar-refractivity contribution is 6.03. The fourth-order valence-electron chi connectivity index (χ4n) is 6.35. The molecule has 0 aliphatic rings. The minimum atomic E-state index is 0.643. The highest BCUT2D eigenvalue weighted by Crippen LogP contribution is 2.31. The van der Waals surface area contributed by atoms with Gasteiger partial charge in [-0.15, -0.1) is 0 Å². The quantitative estimate of drug-likeness (QED) is 0.169. The van der Waals surface area contributed by atoms with Gasteiger partial charge in [-0.1, -0.05) is 152 Å². The molecule has 0 unspecified atom stereocenters. The SMILES string of the molecule is c1ccc(-c2nc(-c3ccccc3)nc(-c3ccc(-c4ccc(-c5cccc(-c6ccc7ccc8cccnc8c7n6)c5)cc4)cc3)n2)cc1. The molecule has 6 aromatic carbocycles. The first-order valence-corrected chi connectivity index (χ1v) is 16.6. The van der Waals surface area contributed by atoms with Gasteiger partial charge in [-0.25, -0.2) is 19.9 Å². The van der Waals surface area contributed by atoms with Crippen LogP contribution < -0.4 is 0 Å². The summed E-state index contributed by atoms with van der Waals surface area (Å²) in [4.78, 5) is 24.2. The van der Waals surface area contributed by atoms with E-state index in [1.807, 2.05) is 72.9 Å². The van der Waals surface area contributed by atoms with Crippen LogP contribution in [-0.4, -0.2) is 24.9 Å². The Labute approximate surface area is 289 Å². The first kappa shape index (κ1) is 29.3. The molecule has 0 aliphatic carbocycles. The average molecular weight is 640 g/mol. The van der Waals surface area contributed by atoms with Crippen molar-refractivity contribution in [1.29, 1.82) is 0 Å². The molecule has 3 aromatic heterocycles. The van der Waals surface area contributed by atoms with Gasteiger partial charge in [0.1, 0.15) is 0 Å². The standard InChI is InChI=1S/C45H29N5/c1-3-9-35(10-4-1)43-48-44(36-11-5-2-6-12-36)50-45(49-43)37-24-20-31(21-25-37)30-16-18-32(19-17-30)38-13-7-14-39(29-38)40-27-26-34-23-22-33-15-8-28-46-41(33)42(34)47-40/h1-29H. The monoisotopic (exact) mass is 639 g/mol. The second-order valence-corrected chi connectivity index (χ2v) is 12.2. The zero-order valence-electron chi connectivity index (χ0n) is 27.0. The maximum atomic E-state index is 5.06. The van der Waals surface area contributed by atoms with Crippen LogP contribution in [0.5, 0.6) is 0 Å². The Morgan fingerprint density at radius 1 is 0.280 bits per heavy atom. The van der Waals surface area contributed by atoms with Crippen LogP contribution in [0.3, 0.4) is 0 Å². The van der Waals surface area contributed by atoms with Gasteiger partial charge in [0.15, 0.2) is 17.5 Å². The summed E-state index contributed by atoms with van der Waals surface area (Å²) in [7, 11) is 0. The molecule has 0 atom stereocenters. The van der Waals surface area contributed by atoms with E-state index in [1.54, 1.807) is 0 Å². The lowest BCUT2D eigenvalue weighted by molar-refractivity contribution is 1.07. The van der Waals surface area contributed by atoms with Crippen molar-refractivity contribution in [2.75, 3.05) is 0 Å². The van der Waals surface area contributed by atoms with Gasteiger partial charge in [0.25, 0.3) is 0 Å². The summed E-state index contributed by atoms with van der Waals surface area (Å²) >= 11 is 0. The maximum absolute atomic E-state index is 5.06. The van der Waals surface area contributed by atoms with E-state index in [1.165, 1.54) is 0 Å². The van der Waals surface area contributed by atoms with Crippen molar-refractivity contribution in [3.63, 3.8) is 0 Å². The van der Waals surface area contributed by atoms with Crippen molar-refractivity contribution in [1.82, 2.24) is 24.9 Å². The number of hydrogen-bond acceptors (Lipinski definition) is 5. The Kier molecular flexibility index (Phi) is 7.41. The van der Waals surface area contributed by atoms with Crippen molar-refractivity contribution < 1.29 is 0 Å². The molecule has 9 rings (SSSR count). The number of rotatable bonds is 6. The molecule has 0 fully saturated rings. The smallest absolute Gasteiger partial charge is 0.164 e. The number of hydrogen-bond donors (Lipinski definition) is 0. The maximum Gasteiger partial charge on any atom is 0.164 e. The van der Waals surface area contributed by atoms with Gasteiger partial charge in [0.2, 0.25) is 0 Å². The molecule has 0 bridgehead atoms. The zero-order valence-corrected chi connectivity index (χ0v) is 27.0. The minimum absolute atomic E-state index is 0.643. The third-order valence-corrected chi connectivity index (χ3v) is 8.98. The summed E-state index contributed by atoms with van der Waals surface area (Å²) in [5.41, 5.74) is 11.2. The van der Waals surface area contributed by atoms with Crippen molar-refractivity contribution in [2.24, 2.45) is 0 Å². The molecule has 234 valence electrons. The lowest BCUT2D eigenvalue weighted by atomic mass is 9.97. The van der Waals surface area contributed by atoms with Crippen molar-refractivity contribution >= 4 is 21.8 Å². The van der Waals surface area contributed by atoms with Crippen LogP contribution in [0, 0.1) is 0 Å². The fraction of sp³-hybridized carbons (Fsp3) is 0. The Bertz CT molecular complexity index is 2560. The van der Waals surface area contributed by atoms with Gasteiger partial charge in [-0.05, 0) is 40.5 Å². The van der Waals surface area contributed by atoms with Crippen LogP contribution in [0.1, 0.15) is 0 Å². The summed E-state index contributed by atoms with van der Waals surface area (Å²) in [6, 6.07) is 58.2. The molecule has 50 heavy (non-hydrogen) atoms. The van der Waals surface area contributed by atoms with Gasteiger partial charge >= 0.3 is 0 Å². The second-order valence-electron chi connectivity index (χ2n) is 12.2. The lowest BCUT2D eigenvalue weighted by Gasteiger charge is -2.10. The number of pyridine rings is 2. The van der Waals surface area contributed by atoms with E-state index in [0.717, 1.165) is 72.0 Å². The Hall–Kier alpha value is -6.85. The van der Waals surface area contributed by atoms with Crippen LogP contribution in [0.15, 0.2) is 176 Å².